The molecule has 0 bridgehead atoms. The first-order valence-corrected chi connectivity index (χ1v) is 44.3. The first-order valence-electron chi connectivity index (χ1n) is 41.3. The van der Waals surface area contributed by atoms with Gasteiger partial charge in [-0.05, 0) is 173 Å². The van der Waals surface area contributed by atoms with Gasteiger partial charge in [-0.3, -0.25) is 37.3 Å². The lowest BCUT2D eigenvalue weighted by molar-refractivity contribution is -0.161. The fourth-order valence-corrected chi connectivity index (χ4v) is 11.6. The molecular formula is C91H144O17P2. The summed E-state index contributed by atoms with van der Waals surface area (Å²) in [5.74, 6) is -2.44. The summed E-state index contributed by atoms with van der Waals surface area (Å²) in [5, 5.41) is 10.7. The fraction of sp³-hybridized carbons (Fsp3) is 0.582. The number of esters is 4. The number of phosphoric ester groups is 2. The van der Waals surface area contributed by atoms with Crippen molar-refractivity contribution in [2.24, 2.45) is 0 Å². The van der Waals surface area contributed by atoms with Gasteiger partial charge in [0.1, 0.15) is 19.3 Å². The summed E-state index contributed by atoms with van der Waals surface area (Å²) in [4.78, 5) is 73.1. The van der Waals surface area contributed by atoms with Crippen molar-refractivity contribution < 1.29 is 80.2 Å². The molecule has 3 N–H and O–H groups in total. The van der Waals surface area contributed by atoms with E-state index in [1.54, 1.807) is 0 Å². The third-order valence-corrected chi connectivity index (χ3v) is 18.1. The van der Waals surface area contributed by atoms with Crippen molar-refractivity contribution in [1.82, 2.24) is 0 Å². The molecule has 0 radical (unpaired) electrons. The number of unbranched alkanes of at least 4 members (excludes halogenated alkanes) is 15. The number of ether oxygens (including phenoxy) is 4. The average molecular weight is 1570 g/mol. The molecule has 0 aliphatic heterocycles. The van der Waals surface area contributed by atoms with Gasteiger partial charge in [0.15, 0.2) is 12.2 Å². The Balaban J connectivity index is 5.57. The molecule has 0 aliphatic rings. The van der Waals surface area contributed by atoms with E-state index in [1.165, 1.54) is 44.9 Å². The van der Waals surface area contributed by atoms with Crippen LogP contribution in [0, 0.1) is 0 Å². The van der Waals surface area contributed by atoms with Crippen molar-refractivity contribution in [2.45, 2.75) is 303 Å². The average Bonchev–Trinajstić information content (AvgIpc) is 0.906. The van der Waals surface area contributed by atoms with Gasteiger partial charge in [-0.2, -0.15) is 0 Å². The molecule has 5 atom stereocenters. The first kappa shape index (κ1) is 104. The molecule has 0 saturated heterocycles. The van der Waals surface area contributed by atoms with Crippen LogP contribution in [0.4, 0.5) is 0 Å². The second kappa shape index (κ2) is 80.7. The minimum absolute atomic E-state index is 0.0113. The van der Waals surface area contributed by atoms with Crippen LogP contribution < -0.4 is 0 Å². The monoisotopic (exact) mass is 1570 g/mol. The van der Waals surface area contributed by atoms with Crippen LogP contribution >= 0.6 is 15.6 Å². The number of rotatable bonds is 75. The van der Waals surface area contributed by atoms with Crippen molar-refractivity contribution in [2.75, 3.05) is 39.6 Å². The van der Waals surface area contributed by atoms with E-state index in [0.717, 1.165) is 148 Å². The van der Waals surface area contributed by atoms with Gasteiger partial charge in [0.05, 0.1) is 26.4 Å². The van der Waals surface area contributed by atoms with Crippen molar-refractivity contribution in [3.8, 4) is 0 Å². The Morgan fingerprint density at radius 1 is 0.264 bits per heavy atom. The molecule has 0 aromatic carbocycles. The van der Waals surface area contributed by atoms with E-state index in [-0.39, 0.29) is 25.7 Å². The summed E-state index contributed by atoms with van der Waals surface area (Å²) in [6.07, 6.45) is 101. The summed E-state index contributed by atoms with van der Waals surface area (Å²) in [6.45, 7) is 4.36. The summed E-state index contributed by atoms with van der Waals surface area (Å²) >= 11 is 0. The Morgan fingerprint density at radius 3 is 0.836 bits per heavy atom. The molecule has 0 rings (SSSR count). The maximum absolute atomic E-state index is 13.1. The van der Waals surface area contributed by atoms with Crippen LogP contribution in [0.3, 0.4) is 0 Å². The molecule has 0 aliphatic carbocycles. The van der Waals surface area contributed by atoms with Crippen LogP contribution in [0.15, 0.2) is 207 Å². The van der Waals surface area contributed by atoms with Gasteiger partial charge in [0, 0.05) is 25.7 Å². The highest BCUT2D eigenvalue weighted by Gasteiger charge is 2.30. The van der Waals surface area contributed by atoms with E-state index >= 15 is 0 Å². The normalized spacial score (nSPS) is 14.9. The van der Waals surface area contributed by atoms with E-state index in [0.29, 0.717) is 38.5 Å². The highest BCUT2D eigenvalue weighted by atomic mass is 31.2. The standard InChI is InChI=1S/C91H144O17P2/c1-5-9-13-17-21-25-29-33-36-39-42-45-48-52-56-60-64-68-72-76-89(94)102-82-87(108-91(96)78-74-70-66-62-58-54-50-47-44-41-38-35-31-27-23-19-15-11-7-3)84-106-110(99,100)104-80-85(92)79-103-109(97,98)105-83-86(81-101-88(93)75-71-67-63-59-55-51-32-28-24-20-16-12-8-4)107-90(95)77-73-69-65-61-57-53-49-46-43-40-37-34-30-26-22-18-14-10-6-2/h9-10,13-14,21-23,25-28,32-38,42-47,52-54,56-58,64,66,68,70,85-87,92H,5-8,11-12,15-20,24,29-31,39-41,48-51,55,59-63,65,67,69,71-84H2,1-4H3,(H,97,98)(H,99,100)/b13-9-,14-10-,25-21-,26-22-,27-23-,32-28-,36-33-,37-34-,38-35-,45-42-,46-43-,47-44-,56-52-,57-53-,58-54-,68-64-,70-66-/t85-,86+,87+/m0/s1. The fourth-order valence-electron chi connectivity index (χ4n) is 10.0. The van der Waals surface area contributed by atoms with Gasteiger partial charge in [-0.15, -0.1) is 0 Å². The van der Waals surface area contributed by atoms with Crippen molar-refractivity contribution in [3.05, 3.63) is 207 Å². The zero-order valence-corrected chi connectivity index (χ0v) is 69.6. The summed E-state index contributed by atoms with van der Waals surface area (Å²) in [5.41, 5.74) is 0. The SMILES string of the molecule is CC/C=C\C/C=C\C/C=C\C/C=C\C/C=C\C/C=C\CCC(=O)OC[C@H](COP(=O)(O)OC[C@@H](O)COP(=O)(O)OC[C@@H](COC(=O)CCCCCCC/C=C\CCCCCC)OC(=O)CCCCC/C=C\C/C=C\C/C=C\C/C=C\C/C=C\CC)OC(=O)CC/C=C\C/C=C\C/C=C\C/C=C\C/C=C\CCCCC. The van der Waals surface area contributed by atoms with E-state index in [2.05, 4.69) is 198 Å². The van der Waals surface area contributed by atoms with E-state index in [1.807, 2.05) is 36.5 Å². The Kier molecular flexibility index (Phi) is 76.0. The summed E-state index contributed by atoms with van der Waals surface area (Å²) in [6, 6.07) is 0. The van der Waals surface area contributed by atoms with Gasteiger partial charge >= 0.3 is 39.5 Å². The molecule has 620 valence electrons. The molecule has 0 heterocycles. The highest BCUT2D eigenvalue weighted by molar-refractivity contribution is 7.47. The lowest BCUT2D eigenvalue weighted by Crippen LogP contribution is -2.30. The van der Waals surface area contributed by atoms with Crippen LogP contribution in [0.2, 0.25) is 0 Å². The van der Waals surface area contributed by atoms with Gasteiger partial charge in [-0.1, -0.05) is 292 Å². The molecular weight excluding hydrogens is 1430 g/mol. The lowest BCUT2D eigenvalue weighted by Gasteiger charge is -2.21. The zero-order valence-electron chi connectivity index (χ0n) is 67.8. The molecule has 17 nitrogen and oxygen atoms in total. The van der Waals surface area contributed by atoms with Crippen LogP contribution in [0.25, 0.3) is 0 Å². The third-order valence-electron chi connectivity index (χ3n) is 16.2. The molecule has 0 fully saturated rings. The molecule has 19 heteroatoms. The van der Waals surface area contributed by atoms with E-state index in [9.17, 15) is 43.2 Å². The Hall–Kier alpha value is -6.36. The van der Waals surface area contributed by atoms with Crippen LogP contribution in [0.1, 0.15) is 285 Å². The zero-order chi connectivity index (χ0) is 80.3. The smallest absolute Gasteiger partial charge is 0.462 e. The minimum Gasteiger partial charge on any atom is -0.462 e. The van der Waals surface area contributed by atoms with E-state index < -0.39 is 97.5 Å². The van der Waals surface area contributed by atoms with E-state index in [4.69, 9.17) is 37.0 Å². The number of hydrogen-bond acceptors (Lipinski definition) is 15. The number of phosphoric acid groups is 2. The first-order chi connectivity index (χ1) is 53.7. The predicted molar refractivity (Wildman–Crippen MR) is 454 cm³/mol. The van der Waals surface area contributed by atoms with Crippen LogP contribution in [-0.2, 0) is 65.4 Å². The maximum Gasteiger partial charge on any atom is 0.472 e. The molecule has 2 unspecified atom stereocenters. The topological polar surface area (TPSA) is 237 Å². The predicted octanol–water partition coefficient (Wildman–Crippen LogP) is 24.7. The molecule has 0 aromatic rings. The van der Waals surface area contributed by atoms with Crippen molar-refractivity contribution >= 4 is 39.5 Å². The van der Waals surface area contributed by atoms with Crippen molar-refractivity contribution in [3.63, 3.8) is 0 Å². The number of hydrogen-bond donors (Lipinski definition) is 3. The molecule has 0 saturated carbocycles. The highest BCUT2D eigenvalue weighted by Crippen LogP contribution is 2.45. The Morgan fingerprint density at radius 2 is 0.491 bits per heavy atom. The summed E-state index contributed by atoms with van der Waals surface area (Å²) < 4.78 is 68.5. The largest absolute Gasteiger partial charge is 0.472 e. The maximum atomic E-state index is 13.1. The Labute approximate surface area is 665 Å². The second-order valence-corrected chi connectivity index (χ2v) is 29.5. The minimum atomic E-state index is -5.03. The number of aliphatic hydroxyl groups is 1. The third kappa shape index (κ3) is 79.7. The van der Waals surface area contributed by atoms with Gasteiger partial charge in [0.25, 0.3) is 0 Å². The molecule has 0 amide bonds. The lowest BCUT2D eigenvalue weighted by atomic mass is 10.1. The van der Waals surface area contributed by atoms with Gasteiger partial charge in [-0.25, -0.2) is 9.13 Å². The Bertz CT molecular complexity index is 2900. The second-order valence-electron chi connectivity index (χ2n) is 26.6. The van der Waals surface area contributed by atoms with Crippen molar-refractivity contribution in [1.29, 1.82) is 0 Å². The number of aliphatic hydroxyl groups excluding tert-OH is 1. The number of carbonyl (C=O) groups excluding carboxylic acids is 4. The molecule has 110 heavy (non-hydrogen) atoms. The van der Waals surface area contributed by atoms with Crippen LogP contribution in [0.5, 0.6) is 0 Å². The number of carbonyl (C=O) groups is 4. The summed E-state index contributed by atoms with van der Waals surface area (Å²) in [7, 11) is -10.0. The van der Waals surface area contributed by atoms with Gasteiger partial charge < -0.3 is 33.8 Å². The van der Waals surface area contributed by atoms with Crippen LogP contribution in [-0.4, -0.2) is 96.7 Å². The number of allylic oxidation sites excluding steroid dienone is 34. The molecule has 0 spiro atoms. The quantitative estimate of drug-likeness (QED) is 0.0169. The van der Waals surface area contributed by atoms with Gasteiger partial charge in [0.2, 0.25) is 0 Å². The molecule has 0 aromatic heterocycles.